The monoisotopic (exact) mass is 277 g/mol. The summed E-state index contributed by atoms with van der Waals surface area (Å²) in [5, 5.41) is 3.71. The van der Waals surface area contributed by atoms with Gasteiger partial charge in [0.2, 0.25) is 0 Å². The Morgan fingerprint density at radius 2 is 1.80 bits per heavy atom. The molecule has 6 atom stereocenters. The van der Waals surface area contributed by atoms with Crippen molar-refractivity contribution in [2.75, 3.05) is 13.1 Å². The predicted molar refractivity (Wildman–Crippen MR) is 86.7 cm³/mol. The molecule has 2 bridgehead atoms. The molecular weight excluding hydrogens is 242 g/mol. The molecule has 0 aromatic heterocycles. The topological polar surface area (TPSA) is 12.0 Å². The first-order valence-electron chi connectivity index (χ1n) is 9.47. The third-order valence-electron chi connectivity index (χ3n) is 6.73. The number of hydrogen-bond donors (Lipinski definition) is 1. The summed E-state index contributed by atoms with van der Waals surface area (Å²) in [5.41, 5.74) is 0. The molecule has 3 aliphatic rings. The minimum absolute atomic E-state index is 0.983. The van der Waals surface area contributed by atoms with Gasteiger partial charge in [-0.05, 0) is 93.5 Å². The lowest BCUT2D eigenvalue weighted by molar-refractivity contribution is 0.137. The quantitative estimate of drug-likeness (QED) is 0.683. The second kappa shape index (κ2) is 6.81. The van der Waals surface area contributed by atoms with Crippen molar-refractivity contribution < 1.29 is 0 Å². The molecule has 0 spiro atoms. The molecule has 0 heterocycles. The van der Waals surface area contributed by atoms with Crippen molar-refractivity contribution in [2.24, 2.45) is 35.5 Å². The molecule has 0 aromatic carbocycles. The smallest absolute Gasteiger partial charge is 0.00179 e. The number of nitrogens with one attached hydrogen (secondary N) is 1. The minimum Gasteiger partial charge on any atom is -0.316 e. The van der Waals surface area contributed by atoms with E-state index in [1.165, 1.54) is 38.8 Å². The van der Waals surface area contributed by atoms with E-state index in [0.717, 1.165) is 35.5 Å². The summed E-state index contributed by atoms with van der Waals surface area (Å²) in [6.45, 7) is 7.28. The number of fused-ring (bicyclic) bond motifs is 2. The normalized spacial score (nSPS) is 44.1. The van der Waals surface area contributed by atoms with Gasteiger partial charge >= 0.3 is 0 Å². The third-order valence-corrected chi connectivity index (χ3v) is 6.73. The summed E-state index contributed by atoms with van der Waals surface area (Å²) in [6.07, 6.45) is 13.6. The fourth-order valence-electron chi connectivity index (χ4n) is 5.64. The molecule has 3 rings (SSSR count). The van der Waals surface area contributed by atoms with Crippen LogP contribution in [0.5, 0.6) is 0 Å². The van der Waals surface area contributed by atoms with Crippen LogP contribution in [-0.4, -0.2) is 13.1 Å². The largest absolute Gasteiger partial charge is 0.316 e. The highest BCUT2D eigenvalue weighted by atomic mass is 14.9. The Morgan fingerprint density at radius 1 is 0.900 bits per heavy atom. The van der Waals surface area contributed by atoms with Crippen LogP contribution in [0, 0.1) is 35.5 Å². The Morgan fingerprint density at radius 3 is 2.50 bits per heavy atom. The zero-order valence-corrected chi connectivity index (χ0v) is 13.7. The maximum absolute atomic E-state index is 3.71. The molecule has 0 radical (unpaired) electrons. The molecule has 3 saturated carbocycles. The van der Waals surface area contributed by atoms with E-state index in [0.29, 0.717) is 0 Å². The molecule has 6 unspecified atom stereocenters. The van der Waals surface area contributed by atoms with Crippen LogP contribution < -0.4 is 5.32 Å². The van der Waals surface area contributed by atoms with Gasteiger partial charge in [-0.1, -0.05) is 26.7 Å². The van der Waals surface area contributed by atoms with Crippen LogP contribution in [0.15, 0.2) is 0 Å². The van der Waals surface area contributed by atoms with Crippen molar-refractivity contribution in [3.63, 3.8) is 0 Å². The van der Waals surface area contributed by atoms with E-state index in [4.69, 9.17) is 0 Å². The highest BCUT2D eigenvalue weighted by molar-refractivity contribution is 4.92. The van der Waals surface area contributed by atoms with Crippen LogP contribution in [0.1, 0.15) is 71.6 Å². The molecule has 0 aliphatic heterocycles. The average Bonchev–Trinajstić information content (AvgIpc) is 3.04. The Bertz CT molecular complexity index is 300. The summed E-state index contributed by atoms with van der Waals surface area (Å²) in [4.78, 5) is 0. The van der Waals surface area contributed by atoms with Gasteiger partial charge in [-0.15, -0.1) is 0 Å². The molecule has 3 aliphatic carbocycles. The van der Waals surface area contributed by atoms with E-state index in [-0.39, 0.29) is 0 Å². The van der Waals surface area contributed by atoms with E-state index in [1.54, 1.807) is 32.1 Å². The fourth-order valence-corrected chi connectivity index (χ4v) is 5.64. The Kier molecular flexibility index (Phi) is 5.07. The van der Waals surface area contributed by atoms with Gasteiger partial charge < -0.3 is 5.32 Å². The first kappa shape index (κ1) is 14.9. The van der Waals surface area contributed by atoms with Crippen molar-refractivity contribution >= 4 is 0 Å². The Balaban J connectivity index is 1.52. The van der Waals surface area contributed by atoms with Crippen molar-refractivity contribution in [3.8, 4) is 0 Å². The van der Waals surface area contributed by atoms with Gasteiger partial charge in [0.05, 0.1) is 0 Å². The molecule has 0 saturated heterocycles. The lowest BCUT2D eigenvalue weighted by Crippen LogP contribution is -2.34. The van der Waals surface area contributed by atoms with Gasteiger partial charge in [0.1, 0.15) is 0 Å². The van der Waals surface area contributed by atoms with Crippen molar-refractivity contribution in [1.29, 1.82) is 0 Å². The van der Waals surface area contributed by atoms with Gasteiger partial charge in [0.15, 0.2) is 0 Å². The van der Waals surface area contributed by atoms with Crippen LogP contribution in [0.2, 0.25) is 0 Å². The summed E-state index contributed by atoms with van der Waals surface area (Å²) < 4.78 is 0. The second-order valence-corrected chi connectivity index (χ2v) is 8.31. The van der Waals surface area contributed by atoms with Crippen LogP contribution in [-0.2, 0) is 0 Å². The number of hydrogen-bond acceptors (Lipinski definition) is 1. The van der Waals surface area contributed by atoms with Crippen molar-refractivity contribution in [3.05, 3.63) is 0 Å². The summed E-state index contributed by atoms with van der Waals surface area (Å²) in [5.74, 6) is 6.37. The highest BCUT2D eigenvalue weighted by Gasteiger charge is 2.41. The first-order chi connectivity index (χ1) is 9.76. The highest BCUT2D eigenvalue weighted by Crippen LogP contribution is 2.52. The lowest BCUT2D eigenvalue weighted by Gasteiger charge is -2.38. The fraction of sp³-hybridized carbons (Fsp3) is 1.00. The lowest BCUT2D eigenvalue weighted by atomic mass is 9.69. The maximum atomic E-state index is 3.71. The maximum Gasteiger partial charge on any atom is -0.00179 e. The molecule has 1 heteroatoms. The van der Waals surface area contributed by atoms with Crippen molar-refractivity contribution in [2.45, 2.75) is 71.6 Å². The van der Waals surface area contributed by atoms with Gasteiger partial charge in [-0.25, -0.2) is 0 Å². The molecule has 3 fully saturated rings. The molecule has 1 nitrogen and oxygen atoms in total. The van der Waals surface area contributed by atoms with E-state index in [9.17, 15) is 0 Å². The minimum atomic E-state index is 0.983. The molecule has 20 heavy (non-hydrogen) atoms. The van der Waals surface area contributed by atoms with E-state index >= 15 is 0 Å². The Hall–Kier alpha value is -0.0400. The van der Waals surface area contributed by atoms with E-state index < -0.39 is 0 Å². The van der Waals surface area contributed by atoms with E-state index in [2.05, 4.69) is 19.2 Å². The molecule has 116 valence electrons. The van der Waals surface area contributed by atoms with Crippen LogP contribution in [0.25, 0.3) is 0 Å². The van der Waals surface area contributed by atoms with Gasteiger partial charge in [-0.2, -0.15) is 0 Å². The van der Waals surface area contributed by atoms with Gasteiger partial charge in [0, 0.05) is 0 Å². The summed E-state index contributed by atoms with van der Waals surface area (Å²) in [6, 6.07) is 0. The standard InChI is InChI=1S/C19H35N/c1-3-8-20-13-17-6-4-14(2)9-18(17)12-19-11-15-5-7-16(19)10-15/h14-20H,3-13H2,1-2H3. The number of rotatable bonds is 6. The predicted octanol–water partition coefficient (Wildman–Crippen LogP) is 4.86. The van der Waals surface area contributed by atoms with Crippen LogP contribution in [0.4, 0.5) is 0 Å². The average molecular weight is 277 g/mol. The SMILES string of the molecule is CCCNCC1CCC(C)CC1CC1CC2CCC1C2. The molecule has 0 aromatic rings. The van der Waals surface area contributed by atoms with Gasteiger partial charge in [0.25, 0.3) is 0 Å². The third kappa shape index (κ3) is 3.40. The van der Waals surface area contributed by atoms with Gasteiger partial charge in [-0.3, -0.25) is 0 Å². The second-order valence-electron chi connectivity index (χ2n) is 8.31. The van der Waals surface area contributed by atoms with Crippen molar-refractivity contribution in [1.82, 2.24) is 5.32 Å². The van der Waals surface area contributed by atoms with Crippen LogP contribution >= 0.6 is 0 Å². The van der Waals surface area contributed by atoms with Crippen LogP contribution in [0.3, 0.4) is 0 Å². The molecule has 0 amide bonds. The zero-order valence-electron chi connectivity index (χ0n) is 13.7. The zero-order chi connectivity index (χ0) is 13.9. The first-order valence-corrected chi connectivity index (χ1v) is 9.47. The summed E-state index contributed by atoms with van der Waals surface area (Å²) in [7, 11) is 0. The molecule has 1 N–H and O–H groups in total. The Labute approximate surface area is 126 Å². The molecular formula is C19H35N. The summed E-state index contributed by atoms with van der Waals surface area (Å²) >= 11 is 0. The van der Waals surface area contributed by atoms with E-state index in [1.807, 2.05) is 0 Å².